The number of carbonyl (C=O) groups excluding carboxylic acids is 1. The molecule has 3 nitrogen and oxygen atoms in total. The second kappa shape index (κ2) is 7.44. The Labute approximate surface area is 98.5 Å². The highest BCUT2D eigenvalue weighted by molar-refractivity contribution is 5.77. The van der Waals surface area contributed by atoms with Crippen molar-refractivity contribution < 1.29 is 4.79 Å². The Hall–Kier alpha value is -0.830. The zero-order valence-corrected chi connectivity index (χ0v) is 10.2. The van der Waals surface area contributed by atoms with Gasteiger partial charge in [-0.25, -0.2) is 0 Å². The molecule has 1 fully saturated rings. The van der Waals surface area contributed by atoms with Crippen LogP contribution in [0.25, 0.3) is 0 Å². The van der Waals surface area contributed by atoms with Crippen LogP contribution >= 0.6 is 0 Å². The molecule has 1 amide bonds. The highest BCUT2D eigenvalue weighted by Crippen LogP contribution is 2.23. The summed E-state index contributed by atoms with van der Waals surface area (Å²) >= 11 is 0. The lowest BCUT2D eigenvalue weighted by atomic mass is 9.84. The van der Waals surface area contributed by atoms with E-state index in [-0.39, 0.29) is 11.8 Å². The molecule has 3 N–H and O–H groups in total. The summed E-state index contributed by atoms with van der Waals surface area (Å²) in [7, 11) is 0. The van der Waals surface area contributed by atoms with Crippen molar-refractivity contribution in [2.24, 2.45) is 11.7 Å². The van der Waals surface area contributed by atoms with Gasteiger partial charge in [0.2, 0.25) is 5.91 Å². The van der Waals surface area contributed by atoms with Crippen molar-refractivity contribution in [2.75, 3.05) is 6.54 Å². The summed E-state index contributed by atoms with van der Waals surface area (Å²) < 4.78 is 0. The molecule has 0 aromatic rings. The van der Waals surface area contributed by atoms with E-state index in [0.29, 0.717) is 6.04 Å². The van der Waals surface area contributed by atoms with E-state index in [9.17, 15) is 4.79 Å². The molecule has 0 spiro atoms. The number of amides is 1. The van der Waals surface area contributed by atoms with Crippen molar-refractivity contribution >= 4 is 5.91 Å². The molecule has 0 heterocycles. The number of carbonyl (C=O) groups is 1. The molecule has 0 aromatic heterocycles. The standard InChI is InChI=1S/C13H24N2O/c1-2-3-4-7-10-15-12-9-6-5-8-11(12)13(14)16/h3-4,11-12,15H,2,5-10H2,1H3,(H2,14,16)/b4-3+/t11-,12+/m1/s1. The summed E-state index contributed by atoms with van der Waals surface area (Å²) in [5, 5.41) is 3.46. The molecule has 1 rings (SSSR count). The van der Waals surface area contributed by atoms with Gasteiger partial charge in [-0.3, -0.25) is 4.79 Å². The van der Waals surface area contributed by atoms with Gasteiger partial charge >= 0.3 is 0 Å². The molecule has 1 saturated carbocycles. The third-order valence-electron chi connectivity index (χ3n) is 3.25. The summed E-state index contributed by atoms with van der Waals surface area (Å²) in [6.45, 7) is 3.08. The molecule has 0 bridgehead atoms. The van der Waals surface area contributed by atoms with Gasteiger partial charge in [0.25, 0.3) is 0 Å². The Morgan fingerprint density at radius 2 is 2.12 bits per heavy atom. The predicted octanol–water partition coefficient (Wildman–Crippen LogP) is 1.98. The maximum atomic E-state index is 11.3. The highest BCUT2D eigenvalue weighted by atomic mass is 16.1. The first-order valence-electron chi connectivity index (χ1n) is 6.43. The number of allylic oxidation sites excluding steroid dienone is 1. The average molecular weight is 224 g/mol. The van der Waals surface area contributed by atoms with E-state index in [1.54, 1.807) is 0 Å². The van der Waals surface area contributed by atoms with E-state index >= 15 is 0 Å². The first-order chi connectivity index (χ1) is 7.75. The predicted molar refractivity (Wildman–Crippen MR) is 67.0 cm³/mol. The van der Waals surface area contributed by atoms with Crippen molar-refractivity contribution in [2.45, 2.75) is 51.5 Å². The zero-order valence-electron chi connectivity index (χ0n) is 10.2. The van der Waals surface area contributed by atoms with E-state index in [0.717, 1.165) is 38.6 Å². The molecule has 0 saturated heterocycles. The van der Waals surface area contributed by atoms with Crippen molar-refractivity contribution in [1.29, 1.82) is 0 Å². The summed E-state index contributed by atoms with van der Waals surface area (Å²) in [5.74, 6) is -0.0924. The van der Waals surface area contributed by atoms with Gasteiger partial charge in [0.05, 0.1) is 5.92 Å². The van der Waals surface area contributed by atoms with E-state index in [4.69, 9.17) is 5.73 Å². The third-order valence-corrected chi connectivity index (χ3v) is 3.25. The van der Waals surface area contributed by atoms with Crippen molar-refractivity contribution in [1.82, 2.24) is 5.32 Å². The van der Waals surface area contributed by atoms with Gasteiger partial charge in [0, 0.05) is 6.04 Å². The summed E-state index contributed by atoms with van der Waals surface area (Å²) in [5.41, 5.74) is 5.42. The Bertz CT molecular complexity index is 238. The first kappa shape index (κ1) is 13.2. The fourth-order valence-corrected chi connectivity index (χ4v) is 2.35. The topological polar surface area (TPSA) is 55.1 Å². The van der Waals surface area contributed by atoms with Gasteiger partial charge in [-0.1, -0.05) is 31.9 Å². The maximum Gasteiger partial charge on any atom is 0.222 e. The summed E-state index contributed by atoms with van der Waals surface area (Å²) in [6, 6.07) is 0.307. The molecule has 3 heteroatoms. The molecule has 2 atom stereocenters. The largest absolute Gasteiger partial charge is 0.369 e. The molecule has 1 aliphatic rings. The molecule has 1 aliphatic carbocycles. The van der Waals surface area contributed by atoms with E-state index in [2.05, 4.69) is 24.4 Å². The second-order valence-corrected chi connectivity index (χ2v) is 4.52. The van der Waals surface area contributed by atoms with Crippen molar-refractivity contribution in [3.8, 4) is 0 Å². The Balaban J connectivity index is 2.27. The monoisotopic (exact) mass is 224 g/mol. The van der Waals surface area contributed by atoms with Crippen molar-refractivity contribution in [3.05, 3.63) is 12.2 Å². The fraction of sp³-hybridized carbons (Fsp3) is 0.769. The number of primary amides is 1. The summed E-state index contributed by atoms with van der Waals surface area (Å²) in [4.78, 5) is 11.3. The minimum absolute atomic E-state index is 0.0453. The van der Waals surface area contributed by atoms with Crippen LogP contribution in [0.3, 0.4) is 0 Å². The molecule has 0 aromatic carbocycles. The minimum Gasteiger partial charge on any atom is -0.369 e. The maximum absolute atomic E-state index is 11.3. The van der Waals surface area contributed by atoms with Crippen LogP contribution in [-0.4, -0.2) is 18.5 Å². The van der Waals surface area contributed by atoms with Gasteiger partial charge in [-0.05, 0) is 32.2 Å². The highest BCUT2D eigenvalue weighted by Gasteiger charge is 2.28. The second-order valence-electron chi connectivity index (χ2n) is 4.52. The van der Waals surface area contributed by atoms with Crippen LogP contribution in [0.4, 0.5) is 0 Å². The van der Waals surface area contributed by atoms with Crippen LogP contribution in [0.2, 0.25) is 0 Å². The van der Waals surface area contributed by atoms with Gasteiger partial charge in [-0.2, -0.15) is 0 Å². The third kappa shape index (κ3) is 4.35. The summed E-state index contributed by atoms with van der Waals surface area (Å²) in [6.07, 6.45) is 10.9. The molecular weight excluding hydrogens is 200 g/mol. The Morgan fingerprint density at radius 1 is 1.38 bits per heavy atom. The average Bonchev–Trinajstić information content (AvgIpc) is 2.29. The lowest BCUT2D eigenvalue weighted by molar-refractivity contribution is -0.123. The molecule has 0 aliphatic heterocycles. The van der Waals surface area contributed by atoms with E-state index < -0.39 is 0 Å². The van der Waals surface area contributed by atoms with Gasteiger partial charge in [0.15, 0.2) is 0 Å². The number of rotatable bonds is 6. The lowest BCUT2D eigenvalue weighted by Gasteiger charge is -2.30. The van der Waals surface area contributed by atoms with Crippen molar-refractivity contribution in [3.63, 3.8) is 0 Å². The van der Waals surface area contributed by atoms with E-state index in [1.807, 2.05) is 0 Å². The quantitative estimate of drug-likeness (QED) is 0.535. The Morgan fingerprint density at radius 3 is 2.81 bits per heavy atom. The SMILES string of the molecule is CC/C=C/CCN[C@H]1CCCC[C@H]1C(N)=O. The van der Waals surface area contributed by atoms with Gasteiger partial charge < -0.3 is 11.1 Å². The van der Waals surface area contributed by atoms with Crippen LogP contribution in [0.15, 0.2) is 12.2 Å². The lowest BCUT2D eigenvalue weighted by Crippen LogP contribution is -2.44. The zero-order chi connectivity index (χ0) is 11.8. The normalized spacial score (nSPS) is 26.1. The van der Waals surface area contributed by atoms with Crippen LogP contribution in [0, 0.1) is 5.92 Å². The minimum atomic E-state index is -0.138. The van der Waals surface area contributed by atoms with Crippen LogP contribution in [0.5, 0.6) is 0 Å². The Kier molecular flexibility index (Phi) is 6.16. The number of nitrogens with two attached hydrogens (primary N) is 1. The number of hydrogen-bond donors (Lipinski definition) is 2. The van der Waals surface area contributed by atoms with E-state index in [1.165, 1.54) is 6.42 Å². The molecule has 0 radical (unpaired) electrons. The number of hydrogen-bond acceptors (Lipinski definition) is 2. The van der Waals surface area contributed by atoms with Crippen LogP contribution < -0.4 is 11.1 Å². The van der Waals surface area contributed by atoms with Gasteiger partial charge in [0.1, 0.15) is 0 Å². The smallest absolute Gasteiger partial charge is 0.222 e. The van der Waals surface area contributed by atoms with Crippen LogP contribution in [0.1, 0.15) is 45.4 Å². The molecular formula is C13H24N2O. The molecule has 0 unspecified atom stereocenters. The molecule has 16 heavy (non-hydrogen) atoms. The molecule has 92 valence electrons. The fourth-order valence-electron chi connectivity index (χ4n) is 2.35. The van der Waals surface area contributed by atoms with Crippen LogP contribution in [-0.2, 0) is 4.79 Å². The first-order valence-corrected chi connectivity index (χ1v) is 6.43. The van der Waals surface area contributed by atoms with Gasteiger partial charge in [-0.15, -0.1) is 0 Å². The number of nitrogens with one attached hydrogen (secondary N) is 1.